The van der Waals surface area contributed by atoms with Crippen molar-refractivity contribution in [3.05, 3.63) is 24.4 Å². The van der Waals surface area contributed by atoms with Crippen molar-refractivity contribution in [2.45, 2.75) is 44.6 Å². The van der Waals surface area contributed by atoms with Gasteiger partial charge in [0.2, 0.25) is 12.7 Å². The molecule has 0 unspecified atom stereocenters. The summed E-state index contributed by atoms with van der Waals surface area (Å²) >= 11 is 0. The largest absolute Gasteiger partial charge is 0.454 e. The number of ether oxygens (including phenoxy) is 2. The van der Waals surface area contributed by atoms with E-state index in [1.54, 1.807) is 6.20 Å². The first-order valence-electron chi connectivity index (χ1n) is 8.50. The van der Waals surface area contributed by atoms with Gasteiger partial charge in [-0.1, -0.05) is 25.7 Å². The predicted octanol–water partition coefficient (Wildman–Crippen LogP) is 3.48. The molecule has 24 heavy (non-hydrogen) atoms. The fourth-order valence-corrected chi connectivity index (χ4v) is 3.15. The van der Waals surface area contributed by atoms with Gasteiger partial charge in [-0.25, -0.2) is 0 Å². The zero-order valence-electron chi connectivity index (χ0n) is 13.5. The molecule has 0 amide bonds. The Kier molecular flexibility index (Phi) is 4.31. The highest BCUT2D eigenvalue weighted by Gasteiger charge is 2.15. The van der Waals surface area contributed by atoms with Gasteiger partial charge >= 0.3 is 0 Å². The van der Waals surface area contributed by atoms with Gasteiger partial charge in [0.05, 0.1) is 6.20 Å². The minimum atomic E-state index is 0.267. The number of aromatic nitrogens is 3. The molecule has 2 N–H and O–H groups in total. The van der Waals surface area contributed by atoms with E-state index in [0.717, 1.165) is 17.2 Å². The van der Waals surface area contributed by atoms with Crippen molar-refractivity contribution in [3.8, 4) is 11.5 Å². The second-order valence-corrected chi connectivity index (χ2v) is 6.19. The lowest BCUT2D eigenvalue weighted by Gasteiger charge is -2.16. The highest BCUT2D eigenvalue weighted by atomic mass is 16.7. The summed E-state index contributed by atoms with van der Waals surface area (Å²) in [6.45, 7) is 0.267. The first-order chi connectivity index (χ1) is 11.9. The highest BCUT2D eigenvalue weighted by molar-refractivity contribution is 5.61. The Balaban J connectivity index is 1.44. The van der Waals surface area contributed by atoms with Crippen molar-refractivity contribution in [1.82, 2.24) is 15.2 Å². The summed E-state index contributed by atoms with van der Waals surface area (Å²) in [4.78, 5) is 4.52. The third-order valence-corrected chi connectivity index (χ3v) is 4.39. The van der Waals surface area contributed by atoms with Crippen LogP contribution < -0.4 is 20.1 Å². The number of anilines is 3. The molecule has 126 valence electrons. The normalized spacial score (nSPS) is 17.3. The van der Waals surface area contributed by atoms with E-state index in [4.69, 9.17) is 9.47 Å². The molecule has 0 radical (unpaired) electrons. The van der Waals surface area contributed by atoms with Gasteiger partial charge in [-0.15, -0.1) is 5.10 Å². The third kappa shape index (κ3) is 3.50. The van der Waals surface area contributed by atoms with Crippen LogP contribution in [-0.4, -0.2) is 28.0 Å². The summed E-state index contributed by atoms with van der Waals surface area (Å²) in [5, 5.41) is 14.8. The van der Waals surface area contributed by atoms with Crippen LogP contribution in [0.2, 0.25) is 0 Å². The summed E-state index contributed by atoms with van der Waals surface area (Å²) in [6, 6.07) is 6.14. The van der Waals surface area contributed by atoms with Crippen LogP contribution in [0.25, 0.3) is 0 Å². The van der Waals surface area contributed by atoms with Crippen LogP contribution >= 0.6 is 0 Å². The van der Waals surface area contributed by atoms with Crippen LogP contribution in [0.4, 0.5) is 17.5 Å². The van der Waals surface area contributed by atoms with Crippen molar-refractivity contribution in [1.29, 1.82) is 0 Å². The summed E-state index contributed by atoms with van der Waals surface area (Å²) < 4.78 is 10.7. The fraction of sp³-hybridized carbons (Fsp3) is 0.471. The number of benzene rings is 1. The van der Waals surface area contributed by atoms with E-state index in [-0.39, 0.29) is 6.79 Å². The van der Waals surface area contributed by atoms with Crippen molar-refractivity contribution >= 4 is 17.5 Å². The van der Waals surface area contributed by atoms with E-state index in [9.17, 15) is 0 Å². The molecule has 1 saturated carbocycles. The van der Waals surface area contributed by atoms with Crippen molar-refractivity contribution in [2.24, 2.45) is 0 Å². The monoisotopic (exact) mass is 327 g/mol. The first kappa shape index (κ1) is 15.0. The molecular formula is C17H21N5O2. The van der Waals surface area contributed by atoms with Gasteiger partial charge in [-0.05, 0) is 25.0 Å². The van der Waals surface area contributed by atoms with Gasteiger partial charge in [-0.2, -0.15) is 10.1 Å². The molecule has 1 fully saturated rings. The van der Waals surface area contributed by atoms with E-state index in [1.165, 1.54) is 38.5 Å². The standard InChI is InChI=1S/C17H21N5O2/c1-2-4-6-12(5-3-1)20-17-21-16(10-18-22-17)19-13-7-8-14-15(9-13)24-11-23-14/h7-10,12H,1-6,11H2,(H2,19,20,21,22). The minimum absolute atomic E-state index is 0.267. The number of rotatable bonds is 4. The van der Waals surface area contributed by atoms with Crippen LogP contribution in [0, 0.1) is 0 Å². The molecule has 1 aromatic heterocycles. The van der Waals surface area contributed by atoms with Crippen LogP contribution in [0.5, 0.6) is 11.5 Å². The van der Waals surface area contributed by atoms with Gasteiger partial charge in [0.1, 0.15) is 0 Å². The number of nitrogens with one attached hydrogen (secondary N) is 2. The zero-order chi connectivity index (χ0) is 16.2. The second kappa shape index (κ2) is 6.90. The van der Waals surface area contributed by atoms with Gasteiger partial charge in [0.15, 0.2) is 17.3 Å². The Morgan fingerprint density at radius 1 is 1.00 bits per heavy atom. The van der Waals surface area contributed by atoms with E-state index in [2.05, 4.69) is 25.8 Å². The summed E-state index contributed by atoms with van der Waals surface area (Å²) in [5.41, 5.74) is 0.875. The fourth-order valence-electron chi connectivity index (χ4n) is 3.15. The van der Waals surface area contributed by atoms with E-state index in [0.29, 0.717) is 17.8 Å². The third-order valence-electron chi connectivity index (χ3n) is 4.39. The Hall–Kier alpha value is -2.57. The maximum Gasteiger partial charge on any atom is 0.244 e. The molecule has 0 saturated heterocycles. The second-order valence-electron chi connectivity index (χ2n) is 6.19. The molecule has 4 rings (SSSR count). The number of nitrogens with zero attached hydrogens (tertiary/aromatic N) is 3. The van der Waals surface area contributed by atoms with E-state index >= 15 is 0 Å². The molecule has 1 aromatic carbocycles. The van der Waals surface area contributed by atoms with Crippen molar-refractivity contribution in [2.75, 3.05) is 17.4 Å². The van der Waals surface area contributed by atoms with Gasteiger partial charge in [0.25, 0.3) is 0 Å². The number of fused-ring (bicyclic) bond motifs is 1. The Bertz CT molecular complexity index is 701. The molecule has 1 aliphatic carbocycles. The quantitative estimate of drug-likeness (QED) is 0.832. The summed E-state index contributed by atoms with van der Waals surface area (Å²) in [6.07, 6.45) is 9.13. The van der Waals surface area contributed by atoms with Crippen LogP contribution in [-0.2, 0) is 0 Å². The molecule has 0 atom stereocenters. The Morgan fingerprint density at radius 2 is 1.83 bits per heavy atom. The Morgan fingerprint density at radius 3 is 2.71 bits per heavy atom. The maximum atomic E-state index is 5.39. The molecule has 0 spiro atoms. The number of hydrogen-bond donors (Lipinski definition) is 2. The zero-order valence-corrected chi connectivity index (χ0v) is 13.5. The lowest BCUT2D eigenvalue weighted by atomic mass is 10.1. The van der Waals surface area contributed by atoms with Crippen LogP contribution in [0.15, 0.2) is 24.4 Å². The predicted molar refractivity (Wildman–Crippen MR) is 90.8 cm³/mol. The Labute approximate surface area is 140 Å². The van der Waals surface area contributed by atoms with Gasteiger partial charge < -0.3 is 20.1 Å². The van der Waals surface area contributed by atoms with Crippen molar-refractivity contribution < 1.29 is 9.47 Å². The smallest absolute Gasteiger partial charge is 0.244 e. The molecule has 1 aliphatic heterocycles. The van der Waals surface area contributed by atoms with Gasteiger partial charge in [-0.3, -0.25) is 0 Å². The maximum absolute atomic E-state index is 5.39. The highest BCUT2D eigenvalue weighted by Crippen LogP contribution is 2.34. The number of hydrogen-bond acceptors (Lipinski definition) is 7. The summed E-state index contributed by atoms with van der Waals surface area (Å²) in [5.74, 6) is 2.73. The molecular weight excluding hydrogens is 306 g/mol. The molecule has 2 aromatic rings. The summed E-state index contributed by atoms with van der Waals surface area (Å²) in [7, 11) is 0. The topological polar surface area (TPSA) is 81.2 Å². The first-order valence-corrected chi connectivity index (χ1v) is 8.50. The SMILES string of the molecule is c1cc2c(cc1Nc1cnnc(NC3CCCCCC3)n1)OCO2. The molecule has 7 heteroatoms. The van der Waals surface area contributed by atoms with Crippen LogP contribution in [0.3, 0.4) is 0 Å². The van der Waals surface area contributed by atoms with E-state index < -0.39 is 0 Å². The molecule has 2 heterocycles. The lowest BCUT2D eigenvalue weighted by Crippen LogP contribution is -2.20. The average Bonchev–Trinajstić information content (AvgIpc) is 2.91. The molecule has 0 bridgehead atoms. The van der Waals surface area contributed by atoms with Crippen LogP contribution in [0.1, 0.15) is 38.5 Å². The average molecular weight is 327 g/mol. The molecule has 7 nitrogen and oxygen atoms in total. The lowest BCUT2D eigenvalue weighted by molar-refractivity contribution is 0.174. The van der Waals surface area contributed by atoms with Crippen molar-refractivity contribution in [3.63, 3.8) is 0 Å². The minimum Gasteiger partial charge on any atom is -0.454 e. The van der Waals surface area contributed by atoms with Gasteiger partial charge in [0, 0.05) is 17.8 Å². The molecule has 2 aliphatic rings. The van der Waals surface area contributed by atoms with E-state index in [1.807, 2.05) is 18.2 Å².